The first-order chi connectivity index (χ1) is 9.77. The summed E-state index contributed by atoms with van der Waals surface area (Å²) in [5.41, 5.74) is 4.13. The van der Waals surface area contributed by atoms with E-state index in [1.807, 2.05) is 41.8 Å². The summed E-state index contributed by atoms with van der Waals surface area (Å²) >= 11 is 5.35. The number of hydrogen-bond acceptors (Lipinski definition) is 3. The SMILES string of the molecule is CCc1c(C#N)c2[nH]cnc(=S)c2n1-c1ccccc1. The summed E-state index contributed by atoms with van der Waals surface area (Å²) in [7, 11) is 0. The number of nitrogens with one attached hydrogen (secondary N) is 1. The molecule has 0 radical (unpaired) electrons. The van der Waals surface area contributed by atoms with Gasteiger partial charge in [0.15, 0.2) is 4.64 Å². The molecule has 0 spiro atoms. The highest BCUT2D eigenvalue weighted by atomic mass is 32.1. The molecule has 0 aliphatic rings. The second-order valence-electron chi connectivity index (χ2n) is 4.39. The zero-order valence-electron chi connectivity index (χ0n) is 10.9. The molecule has 0 aliphatic carbocycles. The van der Waals surface area contributed by atoms with E-state index in [1.165, 1.54) is 0 Å². The molecule has 1 N–H and O–H groups in total. The average Bonchev–Trinajstić information content (AvgIpc) is 2.82. The van der Waals surface area contributed by atoms with Gasteiger partial charge in [-0.2, -0.15) is 5.26 Å². The molecule has 0 fully saturated rings. The molecule has 98 valence electrons. The van der Waals surface area contributed by atoms with Gasteiger partial charge in [-0.1, -0.05) is 37.3 Å². The van der Waals surface area contributed by atoms with Crippen molar-refractivity contribution in [3.8, 4) is 11.8 Å². The van der Waals surface area contributed by atoms with Gasteiger partial charge in [0.05, 0.1) is 17.4 Å². The van der Waals surface area contributed by atoms with Crippen molar-refractivity contribution in [3.05, 3.63) is 52.6 Å². The predicted molar refractivity (Wildman–Crippen MR) is 80.3 cm³/mol. The Hall–Kier alpha value is -2.45. The van der Waals surface area contributed by atoms with Crippen molar-refractivity contribution < 1.29 is 0 Å². The average molecular weight is 280 g/mol. The lowest BCUT2D eigenvalue weighted by Gasteiger charge is -2.09. The lowest BCUT2D eigenvalue weighted by Crippen LogP contribution is -2.00. The third kappa shape index (κ3) is 1.74. The molecule has 0 unspecified atom stereocenters. The Morgan fingerprint density at radius 3 is 2.75 bits per heavy atom. The van der Waals surface area contributed by atoms with Crippen LogP contribution in [0.25, 0.3) is 16.7 Å². The third-order valence-corrected chi connectivity index (χ3v) is 3.62. The normalized spacial score (nSPS) is 10.6. The van der Waals surface area contributed by atoms with Crippen LogP contribution in [-0.4, -0.2) is 14.5 Å². The van der Waals surface area contributed by atoms with Crippen LogP contribution in [0.3, 0.4) is 0 Å². The molecule has 0 aliphatic heterocycles. The molecule has 4 nitrogen and oxygen atoms in total. The van der Waals surface area contributed by atoms with E-state index in [9.17, 15) is 5.26 Å². The Morgan fingerprint density at radius 2 is 2.10 bits per heavy atom. The number of benzene rings is 1. The summed E-state index contributed by atoms with van der Waals surface area (Å²) in [4.78, 5) is 7.20. The molecule has 0 amide bonds. The summed E-state index contributed by atoms with van der Waals surface area (Å²) in [6.07, 6.45) is 2.29. The van der Waals surface area contributed by atoms with Crippen molar-refractivity contribution >= 4 is 23.3 Å². The van der Waals surface area contributed by atoms with Crippen LogP contribution in [-0.2, 0) is 6.42 Å². The Labute approximate surface area is 121 Å². The zero-order valence-corrected chi connectivity index (χ0v) is 11.7. The van der Waals surface area contributed by atoms with Crippen LogP contribution in [0.15, 0.2) is 36.7 Å². The summed E-state index contributed by atoms with van der Waals surface area (Å²) in [6, 6.07) is 12.2. The highest BCUT2D eigenvalue weighted by Gasteiger charge is 2.18. The van der Waals surface area contributed by atoms with Gasteiger partial charge < -0.3 is 9.55 Å². The quantitative estimate of drug-likeness (QED) is 0.731. The van der Waals surface area contributed by atoms with Crippen LogP contribution in [0.1, 0.15) is 18.2 Å². The van der Waals surface area contributed by atoms with Gasteiger partial charge in [-0.25, -0.2) is 4.98 Å². The minimum atomic E-state index is 0.499. The topological polar surface area (TPSA) is 57.4 Å². The molecular weight excluding hydrogens is 268 g/mol. The number of para-hydroxylation sites is 1. The second-order valence-corrected chi connectivity index (χ2v) is 4.78. The van der Waals surface area contributed by atoms with Crippen molar-refractivity contribution in [3.63, 3.8) is 0 Å². The molecule has 0 saturated heterocycles. The van der Waals surface area contributed by atoms with Gasteiger partial charge in [0.1, 0.15) is 11.6 Å². The Kier molecular flexibility index (Phi) is 3.09. The number of fused-ring (bicyclic) bond motifs is 1. The first kappa shape index (κ1) is 12.6. The van der Waals surface area contributed by atoms with Gasteiger partial charge in [-0.15, -0.1) is 0 Å². The second kappa shape index (κ2) is 4.91. The summed E-state index contributed by atoms with van der Waals surface area (Å²) < 4.78 is 2.53. The molecule has 2 heterocycles. The first-order valence-corrected chi connectivity index (χ1v) is 6.75. The van der Waals surface area contributed by atoms with E-state index in [2.05, 4.69) is 16.0 Å². The first-order valence-electron chi connectivity index (χ1n) is 6.34. The fourth-order valence-corrected chi connectivity index (χ4v) is 2.74. The number of nitrogens with zero attached hydrogens (tertiary/aromatic N) is 3. The number of hydrogen-bond donors (Lipinski definition) is 1. The van der Waals surface area contributed by atoms with E-state index in [4.69, 9.17) is 12.2 Å². The molecule has 1 aromatic carbocycles. The standard InChI is InChI=1S/C15H12N4S/c1-2-12-11(8-16)13-14(15(20)18-9-17-13)19(12)10-6-4-3-5-7-10/h3-7,9H,2H2,1H3,(H,17,18,20). The molecule has 3 rings (SSSR count). The van der Waals surface area contributed by atoms with Gasteiger partial charge in [-0.3, -0.25) is 0 Å². The molecule has 20 heavy (non-hydrogen) atoms. The van der Waals surface area contributed by atoms with E-state index in [0.717, 1.165) is 28.8 Å². The van der Waals surface area contributed by atoms with Crippen molar-refractivity contribution in [2.24, 2.45) is 0 Å². The fraction of sp³-hybridized carbons (Fsp3) is 0.133. The maximum atomic E-state index is 9.46. The molecule has 0 bridgehead atoms. The van der Waals surface area contributed by atoms with Crippen molar-refractivity contribution in [1.29, 1.82) is 5.26 Å². The van der Waals surface area contributed by atoms with Crippen LogP contribution in [0.2, 0.25) is 0 Å². The Bertz CT molecular complexity index is 869. The highest BCUT2D eigenvalue weighted by Crippen LogP contribution is 2.28. The lowest BCUT2D eigenvalue weighted by molar-refractivity contribution is 0.951. The molecule has 2 aromatic heterocycles. The number of aromatic nitrogens is 3. The largest absolute Gasteiger partial charge is 0.343 e. The fourth-order valence-electron chi connectivity index (χ4n) is 2.50. The van der Waals surface area contributed by atoms with Gasteiger partial charge in [0, 0.05) is 11.4 Å². The summed E-state index contributed by atoms with van der Waals surface area (Å²) in [5, 5.41) is 9.46. The minimum absolute atomic E-state index is 0.499. The maximum Gasteiger partial charge on any atom is 0.154 e. The van der Waals surface area contributed by atoms with E-state index in [-0.39, 0.29) is 0 Å². The van der Waals surface area contributed by atoms with E-state index >= 15 is 0 Å². The van der Waals surface area contributed by atoms with Gasteiger partial charge >= 0.3 is 0 Å². The van der Waals surface area contributed by atoms with Crippen LogP contribution in [0.4, 0.5) is 0 Å². The third-order valence-electron chi connectivity index (χ3n) is 3.32. The summed E-state index contributed by atoms with van der Waals surface area (Å²) in [6.45, 7) is 2.03. The molecule has 0 saturated carbocycles. The Morgan fingerprint density at radius 1 is 1.35 bits per heavy atom. The molecule has 5 heteroatoms. The van der Waals surface area contributed by atoms with Crippen molar-refractivity contribution in [2.75, 3.05) is 0 Å². The monoisotopic (exact) mass is 280 g/mol. The highest BCUT2D eigenvalue weighted by molar-refractivity contribution is 7.71. The van der Waals surface area contributed by atoms with Crippen LogP contribution >= 0.6 is 12.2 Å². The maximum absolute atomic E-state index is 9.46. The van der Waals surface area contributed by atoms with E-state index in [0.29, 0.717) is 10.2 Å². The predicted octanol–water partition coefficient (Wildman–Crippen LogP) is 3.52. The van der Waals surface area contributed by atoms with E-state index in [1.54, 1.807) is 6.33 Å². The lowest BCUT2D eigenvalue weighted by atomic mass is 10.2. The number of rotatable bonds is 2. The number of H-pyrrole nitrogens is 1. The van der Waals surface area contributed by atoms with Crippen molar-refractivity contribution in [2.45, 2.75) is 13.3 Å². The van der Waals surface area contributed by atoms with Crippen LogP contribution < -0.4 is 0 Å². The Balaban J connectivity index is 2.54. The summed E-state index contributed by atoms with van der Waals surface area (Å²) in [5.74, 6) is 0. The number of aromatic amines is 1. The van der Waals surface area contributed by atoms with Gasteiger partial charge in [0.25, 0.3) is 0 Å². The van der Waals surface area contributed by atoms with Gasteiger partial charge in [-0.05, 0) is 18.6 Å². The van der Waals surface area contributed by atoms with E-state index < -0.39 is 0 Å². The van der Waals surface area contributed by atoms with Crippen molar-refractivity contribution in [1.82, 2.24) is 14.5 Å². The minimum Gasteiger partial charge on any atom is -0.343 e. The number of nitriles is 1. The molecular formula is C15H12N4S. The molecule has 3 aromatic rings. The van der Waals surface area contributed by atoms with Crippen LogP contribution in [0, 0.1) is 16.0 Å². The smallest absolute Gasteiger partial charge is 0.154 e. The van der Waals surface area contributed by atoms with Gasteiger partial charge in [0.2, 0.25) is 0 Å². The van der Waals surface area contributed by atoms with Crippen LogP contribution in [0.5, 0.6) is 0 Å². The molecule has 0 atom stereocenters. The zero-order chi connectivity index (χ0) is 14.1.